The van der Waals surface area contributed by atoms with Crippen LogP contribution in [0, 0.1) is 0 Å². The second-order valence-corrected chi connectivity index (χ2v) is 9.58. The second-order valence-electron chi connectivity index (χ2n) is 9.58. The molecule has 34 heavy (non-hydrogen) atoms. The number of nitrogens with one attached hydrogen (secondary N) is 1. The van der Waals surface area contributed by atoms with Gasteiger partial charge >= 0.3 is 0 Å². The lowest BCUT2D eigenvalue weighted by molar-refractivity contribution is -0.129. The molecule has 1 fully saturated rings. The summed E-state index contributed by atoms with van der Waals surface area (Å²) in [5.74, 6) is 1.30. The molecule has 1 aromatic carbocycles. The number of aryl methyl sites for hydroxylation is 1. The summed E-state index contributed by atoms with van der Waals surface area (Å²) in [4.78, 5) is 40.2. The number of fused-ring (bicyclic) bond motifs is 1. The Morgan fingerprint density at radius 3 is 2.32 bits per heavy atom. The number of hydrogen-bond donors (Lipinski definition) is 1. The van der Waals surface area contributed by atoms with Crippen LogP contribution in [-0.2, 0) is 17.8 Å². The van der Waals surface area contributed by atoms with E-state index in [9.17, 15) is 9.59 Å². The van der Waals surface area contributed by atoms with Gasteiger partial charge in [0.05, 0.1) is 6.54 Å². The zero-order chi connectivity index (χ0) is 24.4. The predicted octanol–water partition coefficient (Wildman–Crippen LogP) is 3.63. The van der Waals surface area contributed by atoms with E-state index < -0.39 is 0 Å². The maximum absolute atomic E-state index is 13.2. The van der Waals surface area contributed by atoms with E-state index in [4.69, 9.17) is 9.97 Å². The molecular weight excluding hydrogens is 428 g/mol. The first-order valence-electron chi connectivity index (χ1n) is 12.4. The molecule has 1 N–H and O–H groups in total. The van der Waals surface area contributed by atoms with Crippen molar-refractivity contribution in [1.82, 2.24) is 19.8 Å². The van der Waals surface area contributed by atoms with Crippen LogP contribution in [-0.4, -0.2) is 63.8 Å². The number of anilines is 2. The average molecular weight is 465 g/mol. The minimum atomic E-state index is -0.0457. The van der Waals surface area contributed by atoms with Crippen LogP contribution < -0.4 is 10.2 Å². The van der Waals surface area contributed by atoms with E-state index in [-0.39, 0.29) is 23.9 Å². The van der Waals surface area contributed by atoms with Crippen LogP contribution in [0.3, 0.4) is 0 Å². The summed E-state index contributed by atoms with van der Waals surface area (Å²) in [7, 11) is 0. The molecule has 182 valence electrons. The number of rotatable bonds is 7. The Labute approximate surface area is 202 Å². The lowest BCUT2D eigenvalue weighted by Crippen LogP contribution is -2.48. The SMILES string of the molecule is CCCc1ccc(C(C)Nc2nc(N3CCN(C(C)=O)CC3)nc3c2CN(C(C)C)C3=O)cc1. The van der Waals surface area contributed by atoms with E-state index in [0.29, 0.717) is 44.4 Å². The lowest BCUT2D eigenvalue weighted by Gasteiger charge is -2.34. The van der Waals surface area contributed by atoms with Crippen molar-refractivity contribution in [3.05, 3.63) is 46.6 Å². The first kappa shape index (κ1) is 24.0. The summed E-state index contributed by atoms with van der Waals surface area (Å²) >= 11 is 0. The first-order valence-corrected chi connectivity index (χ1v) is 12.4. The molecule has 0 radical (unpaired) electrons. The number of piperazine rings is 1. The molecule has 1 atom stereocenters. The Hall–Kier alpha value is -3.16. The van der Waals surface area contributed by atoms with E-state index in [1.165, 1.54) is 11.1 Å². The predicted molar refractivity (Wildman–Crippen MR) is 134 cm³/mol. The molecular formula is C26H36N6O2. The Balaban J connectivity index is 1.62. The van der Waals surface area contributed by atoms with Gasteiger partial charge in [0, 0.05) is 50.7 Å². The Morgan fingerprint density at radius 1 is 1.06 bits per heavy atom. The van der Waals surface area contributed by atoms with Crippen molar-refractivity contribution < 1.29 is 9.59 Å². The Morgan fingerprint density at radius 2 is 1.74 bits per heavy atom. The van der Waals surface area contributed by atoms with Crippen molar-refractivity contribution in [2.45, 2.75) is 66.1 Å². The number of nitrogens with zero attached hydrogens (tertiary/aromatic N) is 5. The van der Waals surface area contributed by atoms with Crippen molar-refractivity contribution >= 4 is 23.6 Å². The Bertz CT molecular complexity index is 1040. The summed E-state index contributed by atoms with van der Waals surface area (Å²) in [5, 5.41) is 3.58. The number of benzene rings is 1. The zero-order valence-electron chi connectivity index (χ0n) is 21.0. The third-order valence-corrected chi connectivity index (χ3v) is 6.79. The van der Waals surface area contributed by atoms with Gasteiger partial charge in [-0.2, -0.15) is 4.98 Å². The molecule has 2 aliphatic heterocycles. The van der Waals surface area contributed by atoms with E-state index in [2.05, 4.69) is 48.3 Å². The second kappa shape index (κ2) is 9.99. The highest BCUT2D eigenvalue weighted by atomic mass is 16.2. The van der Waals surface area contributed by atoms with E-state index in [0.717, 1.165) is 24.2 Å². The molecule has 4 rings (SSSR count). The Kier molecular flexibility index (Phi) is 7.05. The summed E-state index contributed by atoms with van der Waals surface area (Å²) < 4.78 is 0. The first-order chi connectivity index (χ1) is 16.3. The van der Waals surface area contributed by atoms with Crippen LogP contribution in [0.15, 0.2) is 24.3 Å². The highest BCUT2D eigenvalue weighted by Gasteiger charge is 2.35. The number of hydrogen-bond acceptors (Lipinski definition) is 6. The molecule has 2 amide bonds. The molecule has 0 spiro atoms. The van der Waals surface area contributed by atoms with E-state index >= 15 is 0 Å². The van der Waals surface area contributed by atoms with Crippen LogP contribution in [0.5, 0.6) is 0 Å². The summed E-state index contributed by atoms with van der Waals surface area (Å²) in [6.07, 6.45) is 2.21. The standard InChI is InChI=1S/C26H36N6O2/c1-6-7-20-8-10-21(11-9-20)18(4)27-24-22-16-32(17(2)3)25(34)23(22)28-26(29-24)31-14-12-30(13-15-31)19(5)33/h8-11,17-18H,6-7,12-16H2,1-5H3,(H,27,28,29). The quantitative estimate of drug-likeness (QED) is 0.674. The maximum atomic E-state index is 13.2. The van der Waals surface area contributed by atoms with Gasteiger partial charge < -0.3 is 20.0 Å². The molecule has 0 saturated carbocycles. The minimum Gasteiger partial charge on any atom is -0.363 e. The van der Waals surface area contributed by atoms with Crippen LogP contribution in [0.2, 0.25) is 0 Å². The van der Waals surface area contributed by atoms with Crippen molar-refractivity contribution in [2.24, 2.45) is 0 Å². The third-order valence-electron chi connectivity index (χ3n) is 6.79. The highest BCUT2D eigenvalue weighted by molar-refractivity contribution is 5.98. The monoisotopic (exact) mass is 464 g/mol. The molecule has 1 aromatic heterocycles. The van der Waals surface area contributed by atoms with E-state index in [1.54, 1.807) is 6.92 Å². The van der Waals surface area contributed by atoms with Crippen molar-refractivity contribution in [3.8, 4) is 0 Å². The maximum Gasteiger partial charge on any atom is 0.273 e. The number of amides is 2. The van der Waals surface area contributed by atoms with Crippen molar-refractivity contribution in [1.29, 1.82) is 0 Å². The smallest absolute Gasteiger partial charge is 0.273 e. The van der Waals surface area contributed by atoms with Gasteiger partial charge in [0.25, 0.3) is 5.91 Å². The molecule has 8 nitrogen and oxygen atoms in total. The van der Waals surface area contributed by atoms with Gasteiger partial charge in [0.2, 0.25) is 11.9 Å². The fourth-order valence-electron chi connectivity index (χ4n) is 4.63. The normalized spacial score (nSPS) is 16.8. The average Bonchev–Trinajstić information content (AvgIpc) is 3.17. The van der Waals surface area contributed by atoms with Crippen LogP contribution in [0.1, 0.15) is 74.3 Å². The third kappa shape index (κ3) is 4.86. The van der Waals surface area contributed by atoms with Crippen molar-refractivity contribution in [2.75, 3.05) is 36.4 Å². The summed E-state index contributed by atoms with van der Waals surface area (Å²) in [6, 6.07) is 8.81. The van der Waals surface area contributed by atoms with E-state index in [1.807, 2.05) is 23.6 Å². The van der Waals surface area contributed by atoms with Crippen LogP contribution in [0.25, 0.3) is 0 Å². The number of carbonyl (C=O) groups is 2. The fraction of sp³-hybridized carbons (Fsp3) is 0.538. The fourth-order valence-corrected chi connectivity index (χ4v) is 4.63. The van der Waals surface area contributed by atoms with Gasteiger partial charge in [0.15, 0.2) is 0 Å². The number of aromatic nitrogens is 2. The van der Waals surface area contributed by atoms with Crippen molar-refractivity contribution in [3.63, 3.8) is 0 Å². The molecule has 3 heterocycles. The minimum absolute atomic E-state index is 0.0280. The summed E-state index contributed by atoms with van der Waals surface area (Å²) in [6.45, 7) is 13.0. The number of carbonyl (C=O) groups excluding carboxylic acids is 2. The molecule has 2 aliphatic rings. The van der Waals surface area contributed by atoms with Gasteiger partial charge in [-0.3, -0.25) is 9.59 Å². The highest BCUT2D eigenvalue weighted by Crippen LogP contribution is 2.32. The van der Waals surface area contributed by atoms with Gasteiger partial charge in [0.1, 0.15) is 11.5 Å². The lowest BCUT2D eigenvalue weighted by atomic mass is 10.0. The van der Waals surface area contributed by atoms with Crippen LogP contribution >= 0.6 is 0 Å². The topological polar surface area (TPSA) is 81.7 Å². The van der Waals surface area contributed by atoms with Gasteiger partial charge in [-0.15, -0.1) is 0 Å². The largest absolute Gasteiger partial charge is 0.363 e. The summed E-state index contributed by atoms with van der Waals surface area (Å²) in [5.41, 5.74) is 3.86. The van der Waals surface area contributed by atoms with Gasteiger partial charge in [-0.05, 0) is 38.3 Å². The molecule has 2 aromatic rings. The zero-order valence-corrected chi connectivity index (χ0v) is 21.0. The molecule has 0 bridgehead atoms. The van der Waals surface area contributed by atoms with Gasteiger partial charge in [-0.25, -0.2) is 4.98 Å². The molecule has 1 saturated heterocycles. The van der Waals surface area contributed by atoms with Gasteiger partial charge in [-0.1, -0.05) is 37.6 Å². The molecule has 1 unspecified atom stereocenters. The molecule has 0 aliphatic carbocycles. The van der Waals surface area contributed by atoms with Crippen LogP contribution in [0.4, 0.5) is 11.8 Å². The molecule has 8 heteroatoms.